The molecule has 0 saturated heterocycles. The van der Waals surface area contributed by atoms with Crippen LogP contribution in [0.5, 0.6) is 5.88 Å². The van der Waals surface area contributed by atoms with Gasteiger partial charge in [0.1, 0.15) is 0 Å². The quantitative estimate of drug-likeness (QED) is 0.246. The maximum absolute atomic E-state index is 12.7. The van der Waals surface area contributed by atoms with E-state index < -0.39 is 0 Å². The van der Waals surface area contributed by atoms with Crippen LogP contribution in [0, 0.1) is 0 Å². The molecule has 41 heavy (non-hydrogen) atoms. The first-order valence-electron chi connectivity index (χ1n) is 15.3. The molecule has 2 heterocycles. The van der Waals surface area contributed by atoms with Gasteiger partial charge in [0, 0.05) is 30.9 Å². The van der Waals surface area contributed by atoms with Crippen LogP contribution in [0.2, 0.25) is 0 Å². The Balaban J connectivity index is 1.53. The van der Waals surface area contributed by atoms with Gasteiger partial charge in [-0.1, -0.05) is 65.8 Å². The van der Waals surface area contributed by atoms with Crippen molar-refractivity contribution in [2.45, 2.75) is 110 Å². The molecule has 1 aliphatic rings. The molecule has 1 aromatic carbocycles. The number of carbonyl (C=O) groups excluding carboxylic acids is 1. The minimum Gasteiger partial charge on any atom is -0.477 e. The molecule has 0 radical (unpaired) electrons. The number of hydrogen-bond acceptors (Lipinski definition) is 5. The first-order chi connectivity index (χ1) is 19.3. The second-order valence-electron chi connectivity index (χ2n) is 13.6. The monoisotopic (exact) mass is 559 g/mol. The van der Waals surface area contributed by atoms with Crippen molar-refractivity contribution in [2.75, 3.05) is 13.2 Å². The normalized spacial score (nSPS) is 14.4. The minimum atomic E-state index is -0.180. The predicted octanol–water partition coefficient (Wildman–Crippen LogP) is 7.19. The lowest BCUT2D eigenvalue weighted by molar-refractivity contribution is -0.143. The van der Waals surface area contributed by atoms with Crippen LogP contribution in [0.25, 0.3) is 0 Å². The molecule has 6 nitrogen and oxygen atoms in total. The van der Waals surface area contributed by atoms with E-state index in [1.54, 1.807) is 4.68 Å². The van der Waals surface area contributed by atoms with Gasteiger partial charge in [0.15, 0.2) is 0 Å². The van der Waals surface area contributed by atoms with Crippen LogP contribution in [-0.2, 0) is 53.1 Å². The summed E-state index contributed by atoms with van der Waals surface area (Å²) in [7, 11) is 1.91. The number of hydrogen-bond donors (Lipinski definition) is 0. The van der Waals surface area contributed by atoms with Crippen LogP contribution < -0.4 is 4.74 Å². The van der Waals surface area contributed by atoms with Crippen LogP contribution in [-0.4, -0.2) is 33.9 Å². The van der Waals surface area contributed by atoms with Gasteiger partial charge in [0.2, 0.25) is 5.88 Å². The molecule has 1 atom stereocenters. The lowest BCUT2D eigenvalue weighted by atomic mass is 9.77. The van der Waals surface area contributed by atoms with E-state index in [-0.39, 0.29) is 22.7 Å². The van der Waals surface area contributed by atoms with Gasteiger partial charge in [-0.05, 0) is 84.1 Å². The first kappa shape index (κ1) is 30.8. The Kier molecular flexibility index (Phi) is 9.61. The van der Waals surface area contributed by atoms with Crippen LogP contribution in [0.3, 0.4) is 0 Å². The lowest BCUT2D eigenvalue weighted by Gasteiger charge is -2.28. The zero-order valence-corrected chi connectivity index (χ0v) is 26.5. The Bertz CT molecular complexity index is 1310. The molecule has 0 aliphatic heterocycles. The third kappa shape index (κ3) is 8.21. The number of aryl methyl sites for hydroxylation is 3. The molecule has 0 bridgehead atoms. The summed E-state index contributed by atoms with van der Waals surface area (Å²) >= 11 is 0. The van der Waals surface area contributed by atoms with E-state index in [1.165, 1.54) is 35.2 Å². The molecular formula is C35H49N3O3. The van der Waals surface area contributed by atoms with Gasteiger partial charge in [0.05, 0.1) is 25.3 Å². The molecule has 6 heteroatoms. The van der Waals surface area contributed by atoms with Crippen molar-refractivity contribution in [1.29, 1.82) is 0 Å². The number of benzene rings is 1. The van der Waals surface area contributed by atoms with Crippen molar-refractivity contribution in [1.82, 2.24) is 14.8 Å². The number of nitrogens with zero attached hydrogens (tertiary/aromatic N) is 3. The third-order valence-electron chi connectivity index (χ3n) is 8.06. The zero-order valence-electron chi connectivity index (χ0n) is 26.5. The van der Waals surface area contributed by atoms with E-state index in [9.17, 15) is 4.79 Å². The van der Waals surface area contributed by atoms with Crippen molar-refractivity contribution >= 4 is 5.97 Å². The molecule has 4 rings (SSSR count). The second-order valence-corrected chi connectivity index (χ2v) is 13.6. The van der Waals surface area contributed by atoms with Crippen LogP contribution >= 0.6 is 0 Å². The van der Waals surface area contributed by atoms with Crippen molar-refractivity contribution in [3.63, 3.8) is 0 Å². The van der Waals surface area contributed by atoms with E-state index in [1.807, 2.05) is 20.0 Å². The molecular weight excluding hydrogens is 510 g/mol. The van der Waals surface area contributed by atoms with Crippen molar-refractivity contribution in [3.8, 4) is 5.88 Å². The van der Waals surface area contributed by atoms with E-state index in [0.717, 1.165) is 42.1 Å². The van der Waals surface area contributed by atoms with Gasteiger partial charge in [-0.15, -0.1) is 0 Å². The number of esters is 1. The minimum absolute atomic E-state index is 0.0105. The highest BCUT2D eigenvalue weighted by Gasteiger charge is 2.26. The summed E-state index contributed by atoms with van der Waals surface area (Å²) in [6.45, 7) is 16.2. The Morgan fingerprint density at radius 1 is 0.951 bits per heavy atom. The highest BCUT2D eigenvalue weighted by molar-refractivity contribution is 5.70. The molecule has 0 fully saturated rings. The third-order valence-corrected chi connectivity index (χ3v) is 8.06. The van der Waals surface area contributed by atoms with Crippen LogP contribution in [0.4, 0.5) is 0 Å². The van der Waals surface area contributed by atoms with E-state index in [4.69, 9.17) is 19.6 Å². The Morgan fingerprint density at radius 3 is 2.29 bits per heavy atom. The smallest absolute Gasteiger partial charge is 0.306 e. The number of carbonyl (C=O) groups is 1. The summed E-state index contributed by atoms with van der Waals surface area (Å²) in [4.78, 5) is 17.6. The van der Waals surface area contributed by atoms with Crippen LogP contribution in [0.1, 0.15) is 113 Å². The summed E-state index contributed by atoms with van der Waals surface area (Å²) in [6, 6.07) is 13.2. The van der Waals surface area contributed by atoms with Gasteiger partial charge < -0.3 is 9.47 Å². The van der Waals surface area contributed by atoms with Gasteiger partial charge in [-0.2, -0.15) is 5.10 Å². The van der Waals surface area contributed by atoms with E-state index in [2.05, 4.69) is 71.9 Å². The predicted molar refractivity (Wildman–Crippen MR) is 165 cm³/mol. The molecule has 1 aliphatic carbocycles. The highest BCUT2D eigenvalue weighted by atomic mass is 16.5. The summed E-state index contributed by atoms with van der Waals surface area (Å²) < 4.78 is 13.4. The molecule has 3 aromatic rings. The first-order valence-corrected chi connectivity index (χ1v) is 15.3. The molecule has 0 N–H and O–H groups in total. The standard InChI is InChI=1S/C35H49N3O3/c1-9-40-33(39)21-26(25-18-27(34(2,3)4)22-28(19-25)35(5,6)7)20-30-23-32(38(8)37-30)41-17-16-29-15-14-24-12-10-11-13-31(24)36-29/h14-15,18-19,22-23,26H,9-13,16-17,20-21H2,1-8H3. The number of fused-ring (bicyclic) bond motifs is 1. The fourth-order valence-electron chi connectivity index (χ4n) is 5.50. The summed E-state index contributed by atoms with van der Waals surface area (Å²) in [5, 5.41) is 4.78. The number of ether oxygens (including phenoxy) is 2. The van der Waals surface area contributed by atoms with E-state index >= 15 is 0 Å². The Hall–Kier alpha value is -3.15. The SMILES string of the molecule is CCOC(=O)CC(Cc1cc(OCCc2ccc3c(n2)CCCC3)n(C)n1)c1cc(C(C)(C)C)cc(C(C)(C)C)c1. The molecule has 1 unspecified atom stereocenters. The molecule has 0 amide bonds. The van der Waals surface area contributed by atoms with E-state index in [0.29, 0.717) is 26.1 Å². The van der Waals surface area contributed by atoms with Crippen molar-refractivity contribution < 1.29 is 14.3 Å². The number of rotatable bonds is 10. The highest BCUT2D eigenvalue weighted by Crippen LogP contribution is 2.35. The largest absolute Gasteiger partial charge is 0.477 e. The summed E-state index contributed by atoms with van der Waals surface area (Å²) in [6.07, 6.45) is 6.41. The fraction of sp³-hybridized carbons (Fsp3) is 0.571. The average Bonchev–Trinajstić information content (AvgIpc) is 3.25. The number of aromatic nitrogens is 3. The van der Waals surface area contributed by atoms with Crippen molar-refractivity contribution in [3.05, 3.63) is 75.7 Å². The van der Waals surface area contributed by atoms with Gasteiger partial charge in [0.25, 0.3) is 0 Å². The topological polar surface area (TPSA) is 66.2 Å². The summed E-state index contributed by atoms with van der Waals surface area (Å²) in [5.74, 6) is 0.493. The van der Waals surface area contributed by atoms with Gasteiger partial charge in [-0.25, -0.2) is 4.68 Å². The van der Waals surface area contributed by atoms with Gasteiger partial charge in [-0.3, -0.25) is 9.78 Å². The fourth-order valence-corrected chi connectivity index (χ4v) is 5.50. The Labute approximate surface area is 246 Å². The molecule has 2 aromatic heterocycles. The Morgan fingerprint density at radius 2 is 1.63 bits per heavy atom. The average molecular weight is 560 g/mol. The summed E-state index contributed by atoms with van der Waals surface area (Å²) in [5.41, 5.74) is 8.32. The molecule has 0 spiro atoms. The molecule has 0 saturated carbocycles. The maximum atomic E-state index is 12.7. The number of pyridine rings is 1. The maximum Gasteiger partial charge on any atom is 0.306 e. The molecule has 222 valence electrons. The van der Waals surface area contributed by atoms with Gasteiger partial charge >= 0.3 is 5.97 Å². The zero-order chi connectivity index (χ0) is 29.8. The van der Waals surface area contributed by atoms with Crippen molar-refractivity contribution in [2.24, 2.45) is 7.05 Å². The second kappa shape index (κ2) is 12.8. The van der Waals surface area contributed by atoms with Crippen LogP contribution in [0.15, 0.2) is 36.4 Å². The lowest BCUT2D eigenvalue weighted by Crippen LogP contribution is -2.19.